The largest absolute Gasteiger partial charge is 0.385 e. The van der Waals surface area contributed by atoms with Crippen LogP contribution in [0, 0.1) is 0 Å². The number of hydrogen-bond acceptors (Lipinski definition) is 3. The third-order valence-electron chi connectivity index (χ3n) is 4.15. The summed E-state index contributed by atoms with van der Waals surface area (Å²) in [5, 5.41) is 6.20. The predicted octanol–water partition coefficient (Wildman–Crippen LogP) is 4.49. The van der Waals surface area contributed by atoms with Crippen LogP contribution in [0.2, 0.25) is 0 Å². The van der Waals surface area contributed by atoms with Crippen molar-refractivity contribution in [2.24, 2.45) is 0 Å². The van der Waals surface area contributed by atoms with Gasteiger partial charge in [0.2, 0.25) is 5.91 Å². The van der Waals surface area contributed by atoms with Crippen molar-refractivity contribution in [3.05, 3.63) is 53.0 Å². The molecule has 1 fully saturated rings. The number of halogens is 1. The van der Waals surface area contributed by atoms with Gasteiger partial charge in [0.05, 0.1) is 0 Å². The van der Waals surface area contributed by atoms with E-state index in [2.05, 4.69) is 55.7 Å². The molecule has 1 aliphatic heterocycles. The summed E-state index contributed by atoms with van der Waals surface area (Å²) in [6.07, 6.45) is 3.00. The first-order valence-corrected chi connectivity index (χ1v) is 9.14. The fraction of sp³-hybridized carbons (Fsp3) is 0.316. The minimum Gasteiger partial charge on any atom is -0.385 e. The number of carbonyl (C=O) groups is 1. The monoisotopic (exact) mass is 387 g/mol. The van der Waals surface area contributed by atoms with Crippen LogP contribution in [-0.4, -0.2) is 25.5 Å². The van der Waals surface area contributed by atoms with Gasteiger partial charge in [0.25, 0.3) is 0 Å². The van der Waals surface area contributed by atoms with Crippen LogP contribution < -0.4 is 15.5 Å². The van der Waals surface area contributed by atoms with E-state index in [0.29, 0.717) is 13.0 Å². The second-order valence-corrected chi connectivity index (χ2v) is 6.89. The summed E-state index contributed by atoms with van der Waals surface area (Å²) < 4.78 is 1.000. The highest BCUT2D eigenvalue weighted by atomic mass is 79.9. The van der Waals surface area contributed by atoms with E-state index < -0.39 is 0 Å². The van der Waals surface area contributed by atoms with E-state index in [9.17, 15) is 4.79 Å². The smallest absolute Gasteiger partial charge is 0.226 e. The highest BCUT2D eigenvalue weighted by Crippen LogP contribution is 2.22. The molecule has 0 radical (unpaired) electrons. The molecule has 5 heteroatoms. The van der Waals surface area contributed by atoms with Crippen molar-refractivity contribution in [3.8, 4) is 0 Å². The van der Waals surface area contributed by atoms with Gasteiger partial charge in [0.1, 0.15) is 0 Å². The lowest BCUT2D eigenvalue weighted by atomic mass is 10.2. The molecule has 1 heterocycles. The molecule has 24 heavy (non-hydrogen) atoms. The molecule has 0 bridgehead atoms. The Bertz CT molecular complexity index is 664. The summed E-state index contributed by atoms with van der Waals surface area (Å²) in [5.74, 6) is 0.0125. The summed E-state index contributed by atoms with van der Waals surface area (Å²) in [5.41, 5.74) is 3.15. The molecule has 3 rings (SSSR count). The van der Waals surface area contributed by atoms with Gasteiger partial charge in [-0.05, 0) is 61.4 Å². The average molecular weight is 388 g/mol. The Balaban J connectivity index is 1.42. The summed E-state index contributed by atoms with van der Waals surface area (Å²) >= 11 is 3.38. The first-order chi connectivity index (χ1) is 11.7. The van der Waals surface area contributed by atoms with E-state index in [4.69, 9.17) is 0 Å². The Kier molecular flexibility index (Phi) is 5.75. The number of amides is 1. The minimum atomic E-state index is 0.0125. The summed E-state index contributed by atoms with van der Waals surface area (Å²) in [6, 6.07) is 16.1. The first-order valence-electron chi connectivity index (χ1n) is 8.35. The fourth-order valence-electron chi connectivity index (χ4n) is 2.84. The zero-order valence-corrected chi connectivity index (χ0v) is 15.2. The molecule has 0 aliphatic carbocycles. The Hall–Kier alpha value is -2.01. The Morgan fingerprint density at radius 3 is 2.25 bits per heavy atom. The van der Waals surface area contributed by atoms with Gasteiger partial charge in [-0.1, -0.05) is 15.9 Å². The summed E-state index contributed by atoms with van der Waals surface area (Å²) in [6.45, 7) is 2.93. The molecule has 2 aromatic carbocycles. The lowest BCUT2D eigenvalue weighted by Gasteiger charge is -2.18. The molecule has 1 amide bonds. The number of rotatable bonds is 6. The van der Waals surface area contributed by atoms with Crippen LogP contribution >= 0.6 is 15.9 Å². The number of anilines is 3. The minimum absolute atomic E-state index is 0.0125. The normalized spacial score (nSPS) is 13.8. The predicted molar refractivity (Wildman–Crippen MR) is 104 cm³/mol. The van der Waals surface area contributed by atoms with Crippen LogP contribution in [0.15, 0.2) is 53.0 Å². The van der Waals surface area contributed by atoms with Gasteiger partial charge < -0.3 is 15.5 Å². The maximum atomic E-state index is 11.9. The van der Waals surface area contributed by atoms with Crippen molar-refractivity contribution in [3.63, 3.8) is 0 Å². The highest BCUT2D eigenvalue weighted by Gasteiger charge is 2.11. The number of nitrogens with one attached hydrogen (secondary N) is 2. The van der Waals surface area contributed by atoms with Gasteiger partial charge in [0.15, 0.2) is 0 Å². The number of carbonyl (C=O) groups excluding carboxylic acids is 1. The maximum absolute atomic E-state index is 11.9. The van der Waals surface area contributed by atoms with Crippen molar-refractivity contribution in [1.82, 2.24) is 0 Å². The van der Waals surface area contributed by atoms with Crippen molar-refractivity contribution >= 4 is 38.9 Å². The number of benzene rings is 2. The average Bonchev–Trinajstić information content (AvgIpc) is 3.12. The fourth-order valence-corrected chi connectivity index (χ4v) is 3.11. The summed E-state index contributed by atoms with van der Waals surface area (Å²) in [7, 11) is 0. The lowest BCUT2D eigenvalue weighted by Crippen LogP contribution is -2.17. The lowest BCUT2D eigenvalue weighted by molar-refractivity contribution is -0.115. The Labute approximate surface area is 151 Å². The topological polar surface area (TPSA) is 44.4 Å². The molecule has 1 aliphatic rings. The molecule has 0 saturated carbocycles. The first kappa shape index (κ1) is 16.8. The second-order valence-electron chi connectivity index (χ2n) is 5.97. The highest BCUT2D eigenvalue weighted by molar-refractivity contribution is 9.10. The van der Waals surface area contributed by atoms with E-state index in [0.717, 1.165) is 28.9 Å². The van der Waals surface area contributed by atoms with E-state index in [1.807, 2.05) is 24.3 Å². The standard InChI is InChI=1S/C19H22BrN3O/c20-15-3-5-17(6-4-15)22-19(24)11-12-21-16-7-9-18(10-8-16)23-13-1-2-14-23/h3-10,21H,1-2,11-14H2,(H,22,24). The van der Waals surface area contributed by atoms with Crippen molar-refractivity contribution < 1.29 is 4.79 Å². The molecule has 0 atom stereocenters. The van der Waals surface area contributed by atoms with Crippen molar-refractivity contribution in [2.75, 3.05) is 35.2 Å². The van der Waals surface area contributed by atoms with Gasteiger partial charge in [-0.25, -0.2) is 0 Å². The van der Waals surface area contributed by atoms with Crippen molar-refractivity contribution in [2.45, 2.75) is 19.3 Å². The molecule has 2 N–H and O–H groups in total. The summed E-state index contributed by atoms with van der Waals surface area (Å²) in [4.78, 5) is 14.4. The van der Waals surface area contributed by atoms with Crippen LogP contribution in [0.3, 0.4) is 0 Å². The zero-order chi connectivity index (χ0) is 16.8. The van der Waals surface area contributed by atoms with Gasteiger partial charge >= 0.3 is 0 Å². The van der Waals surface area contributed by atoms with E-state index in [-0.39, 0.29) is 5.91 Å². The Morgan fingerprint density at radius 1 is 0.958 bits per heavy atom. The number of nitrogens with zero attached hydrogens (tertiary/aromatic N) is 1. The maximum Gasteiger partial charge on any atom is 0.226 e. The molecule has 2 aromatic rings. The van der Waals surface area contributed by atoms with Crippen LogP contribution in [-0.2, 0) is 4.79 Å². The molecular weight excluding hydrogens is 366 g/mol. The SMILES string of the molecule is O=C(CCNc1ccc(N2CCCC2)cc1)Nc1ccc(Br)cc1. The third kappa shape index (κ3) is 4.74. The molecular formula is C19H22BrN3O. The quantitative estimate of drug-likeness (QED) is 0.767. The van der Waals surface area contributed by atoms with Crippen LogP contribution in [0.25, 0.3) is 0 Å². The van der Waals surface area contributed by atoms with Crippen LogP contribution in [0.4, 0.5) is 17.1 Å². The van der Waals surface area contributed by atoms with E-state index in [1.54, 1.807) is 0 Å². The second kappa shape index (κ2) is 8.20. The van der Waals surface area contributed by atoms with E-state index >= 15 is 0 Å². The van der Waals surface area contributed by atoms with Crippen LogP contribution in [0.5, 0.6) is 0 Å². The van der Waals surface area contributed by atoms with Gasteiger partial charge in [-0.15, -0.1) is 0 Å². The molecule has 4 nitrogen and oxygen atoms in total. The van der Waals surface area contributed by atoms with E-state index in [1.165, 1.54) is 18.5 Å². The molecule has 1 saturated heterocycles. The van der Waals surface area contributed by atoms with Gasteiger partial charge in [-0.3, -0.25) is 4.79 Å². The van der Waals surface area contributed by atoms with Gasteiger partial charge in [0, 0.05) is 47.6 Å². The molecule has 0 aromatic heterocycles. The molecule has 0 spiro atoms. The zero-order valence-electron chi connectivity index (χ0n) is 13.6. The molecule has 0 unspecified atom stereocenters. The number of hydrogen-bond donors (Lipinski definition) is 2. The Morgan fingerprint density at radius 2 is 1.58 bits per heavy atom. The third-order valence-corrected chi connectivity index (χ3v) is 4.68. The van der Waals surface area contributed by atoms with Crippen molar-refractivity contribution in [1.29, 1.82) is 0 Å². The van der Waals surface area contributed by atoms with Gasteiger partial charge in [-0.2, -0.15) is 0 Å². The van der Waals surface area contributed by atoms with Crippen LogP contribution in [0.1, 0.15) is 19.3 Å². The molecule has 126 valence electrons.